The van der Waals surface area contributed by atoms with Gasteiger partial charge < -0.3 is 15.8 Å². The fourth-order valence-electron chi connectivity index (χ4n) is 2.94. The van der Waals surface area contributed by atoms with Crippen molar-refractivity contribution in [1.82, 2.24) is 0 Å². The van der Waals surface area contributed by atoms with E-state index in [0.29, 0.717) is 12.5 Å². The first kappa shape index (κ1) is 13.2. The van der Waals surface area contributed by atoms with Crippen LogP contribution in [-0.2, 0) is 0 Å². The molecule has 18 heavy (non-hydrogen) atoms. The van der Waals surface area contributed by atoms with E-state index in [2.05, 4.69) is 18.3 Å². The smallest absolute Gasteiger partial charge is 0.120 e. The number of rotatable bonds is 4. The first-order valence-electron chi connectivity index (χ1n) is 6.82. The summed E-state index contributed by atoms with van der Waals surface area (Å²) in [5.41, 5.74) is 7.20. The van der Waals surface area contributed by atoms with E-state index in [1.54, 1.807) is 7.11 Å². The van der Waals surface area contributed by atoms with Crippen molar-refractivity contribution >= 4 is 5.69 Å². The van der Waals surface area contributed by atoms with E-state index in [0.717, 1.165) is 17.9 Å². The van der Waals surface area contributed by atoms with E-state index in [-0.39, 0.29) is 5.54 Å². The molecule has 3 nitrogen and oxygen atoms in total. The van der Waals surface area contributed by atoms with Crippen LogP contribution in [0.5, 0.6) is 5.75 Å². The van der Waals surface area contributed by atoms with E-state index in [1.807, 2.05) is 18.2 Å². The Bertz CT molecular complexity index is 394. The van der Waals surface area contributed by atoms with Gasteiger partial charge in [0.25, 0.3) is 0 Å². The van der Waals surface area contributed by atoms with Gasteiger partial charge in [-0.05, 0) is 30.9 Å². The number of methoxy groups -OCH3 is 1. The zero-order valence-corrected chi connectivity index (χ0v) is 11.4. The molecule has 1 saturated carbocycles. The van der Waals surface area contributed by atoms with Crippen molar-refractivity contribution in [2.24, 2.45) is 11.7 Å². The summed E-state index contributed by atoms with van der Waals surface area (Å²) in [4.78, 5) is 0. The summed E-state index contributed by atoms with van der Waals surface area (Å²) in [6.45, 7) is 2.99. The van der Waals surface area contributed by atoms with Crippen LogP contribution in [0.3, 0.4) is 0 Å². The van der Waals surface area contributed by atoms with Crippen molar-refractivity contribution in [3.05, 3.63) is 24.3 Å². The molecule has 3 N–H and O–H groups in total. The number of benzene rings is 1. The van der Waals surface area contributed by atoms with Gasteiger partial charge in [-0.1, -0.05) is 25.8 Å². The lowest BCUT2D eigenvalue weighted by molar-refractivity contribution is 0.235. The number of hydrogen-bond acceptors (Lipinski definition) is 3. The summed E-state index contributed by atoms with van der Waals surface area (Å²) >= 11 is 0. The first-order valence-corrected chi connectivity index (χ1v) is 6.82. The summed E-state index contributed by atoms with van der Waals surface area (Å²) in [6.07, 6.45) is 5.00. The van der Waals surface area contributed by atoms with Gasteiger partial charge in [0.15, 0.2) is 0 Å². The van der Waals surface area contributed by atoms with Crippen LogP contribution in [0, 0.1) is 5.92 Å². The largest absolute Gasteiger partial charge is 0.497 e. The van der Waals surface area contributed by atoms with E-state index < -0.39 is 0 Å². The molecule has 0 radical (unpaired) electrons. The Hall–Kier alpha value is -1.22. The minimum absolute atomic E-state index is 0.0462. The van der Waals surface area contributed by atoms with Crippen LogP contribution in [0.4, 0.5) is 5.69 Å². The van der Waals surface area contributed by atoms with Gasteiger partial charge in [0.05, 0.1) is 12.6 Å². The van der Waals surface area contributed by atoms with Crippen molar-refractivity contribution in [3.8, 4) is 5.75 Å². The van der Waals surface area contributed by atoms with Crippen LogP contribution >= 0.6 is 0 Å². The second kappa shape index (κ2) is 5.61. The van der Waals surface area contributed by atoms with Crippen LogP contribution < -0.4 is 15.8 Å². The Morgan fingerprint density at radius 1 is 1.44 bits per heavy atom. The summed E-state index contributed by atoms with van der Waals surface area (Å²) < 4.78 is 5.27. The lowest BCUT2D eigenvalue weighted by atomic mass is 9.73. The molecular formula is C15H24N2O. The van der Waals surface area contributed by atoms with E-state index >= 15 is 0 Å². The summed E-state index contributed by atoms with van der Waals surface area (Å²) in [5, 5.41) is 3.66. The van der Waals surface area contributed by atoms with Crippen molar-refractivity contribution in [1.29, 1.82) is 0 Å². The van der Waals surface area contributed by atoms with Gasteiger partial charge in [-0.15, -0.1) is 0 Å². The summed E-state index contributed by atoms with van der Waals surface area (Å²) in [5.74, 6) is 1.50. The monoisotopic (exact) mass is 248 g/mol. The highest BCUT2D eigenvalue weighted by Crippen LogP contribution is 2.36. The van der Waals surface area contributed by atoms with Gasteiger partial charge in [0.1, 0.15) is 5.75 Å². The second-order valence-corrected chi connectivity index (χ2v) is 5.36. The average Bonchev–Trinajstić information content (AvgIpc) is 2.42. The van der Waals surface area contributed by atoms with Crippen LogP contribution in [0.25, 0.3) is 0 Å². The molecule has 2 rings (SSSR count). The molecule has 0 amide bonds. The van der Waals surface area contributed by atoms with Gasteiger partial charge in [-0.25, -0.2) is 0 Å². The molecule has 1 aromatic rings. The van der Waals surface area contributed by atoms with Gasteiger partial charge in [-0.2, -0.15) is 0 Å². The predicted octanol–water partition coefficient (Wildman–Crippen LogP) is 3.01. The molecule has 100 valence electrons. The highest BCUT2D eigenvalue weighted by atomic mass is 16.5. The van der Waals surface area contributed by atoms with Gasteiger partial charge in [0.2, 0.25) is 0 Å². The van der Waals surface area contributed by atoms with E-state index in [4.69, 9.17) is 10.5 Å². The minimum atomic E-state index is 0.0462. The normalized spacial score (nSPS) is 27.8. The molecular weight excluding hydrogens is 224 g/mol. The van der Waals surface area contributed by atoms with E-state index in [9.17, 15) is 0 Å². The fraction of sp³-hybridized carbons (Fsp3) is 0.600. The lowest BCUT2D eigenvalue weighted by Crippen LogP contribution is -2.52. The van der Waals surface area contributed by atoms with Gasteiger partial charge in [0, 0.05) is 18.3 Å². The number of ether oxygens (including phenoxy) is 1. The SMILES string of the molecule is COc1cccc(NC2(CN)CCCCC2C)c1. The van der Waals surface area contributed by atoms with Crippen LogP contribution in [0.2, 0.25) is 0 Å². The van der Waals surface area contributed by atoms with Crippen LogP contribution in [0.1, 0.15) is 32.6 Å². The third kappa shape index (κ3) is 2.61. The maximum atomic E-state index is 6.05. The highest BCUT2D eigenvalue weighted by Gasteiger charge is 2.36. The predicted molar refractivity (Wildman–Crippen MR) is 76.0 cm³/mol. The molecule has 1 aliphatic rings. The topological polar surface area (TPSA) is 47.3 Å². The molecule has 0 aliphatic heterocycles. The van der Waals surface area contributed by atoms with Crippen LogP contribution in [0.15, 0.2) is 24.3 Å². The minimum Gasteiger partial charge on any atom is -0.497 e. The van der Waals surface area contributed by atoms with Crippen molar-refractivity contribution in [2.75, 3.05) is 19.0 Å². The quantitative estimate of drug-likeness (QED) is 0.861. The molecule has 0 saturated heterocycles. The highest BCUT2D eigenvalue weighted by molar-refractivity contribution is 5.50. The number of hydrogen-bond donors (Lipinski definition) is 2. The van der Waals surface area contributed by atoms with Crippen molar-refractivity contribution in [3.63, 3.8) is 0 Å². The van der Waals surface area contributed by atoms with Crippen molar-refractivity contribution < 1.29 is 4.74 Å². The zero-order valence-electron chi connectivity index (χ0n) is 11.4. The summed E-state index contributed by atoms with van der Waals surface area (Å²) in [7, 11) is 1.70. The second-order valence-electron chi connectivity index (χ2n) is 5.36. The molecule has 2 unspecified atom stereocenters. The number of nitrogens with one attached hydrogen (secondary N) is 1. The Morgan fingerprint density at radius 2 is 2.28 bits per heavy atom. The van der Waals surface area contributed by atoms with Crippen molar-refractivity contribution in [2.45, 2.75) is 38.1 Å². The molecule has 0 heterocycles. The molecule has 0 bridgehead atoms. The Balaban J connectivity index is 2.18. The average molecular weight is 248 g/mol. The third-order valence-corrected chi connectivity index (χ3v) is 4.28. The molecule has 3 heteroatoms. The fourth-order valence-corrected chi connectivity index (χ4v) is 2.94. The Morgan fingerprint density at radius 3 is 2.94 bits per heavy atom. The molecule has 1 fully saturated rings. The van der Waals surface area contributed by atoms with Crippen LogP contribution in [-0.4, -0.2) is 19.2 Å². The first-order chi connectivity index (χ1) is 8.70. The lowest BCUT2D eigenvalue weighted by Gasteiger charge is -2.43. The number of nitrogens with two attached hydrogens (primary N) is 1. The summed E-state index contributed by atoms with van der Waals surface area (Å²) in [6, 6.07) is 8.10. The molecule has 1 aliphatic carbocycles. The van der Waals surface area contributed by atoms with Gasteiger partial charge >= 0.3 is 0 Å². The van der Waals surface area contributed by atoms with E-state index in [1.165, 1.54) is 19.3 Å². The third-order valence-electron chi connectivity index (χ3n) is 4.28. The standard InChI is InChI=1S/C15H24N2O/c1-12-6-3-4-9-15(12,11-16)17-13-7-5-8-14(10-13)18-2/h5,7-8,10,12,17H,3-4,6,9,11,16H2,1-2H3. The maximum Gasteiger partial charge on any atom is 0.120 e. The Labute approximate surface area is 110 Å². The molecule has 0 aromatic heterocycles. The van der Waals surface area contributed by atoms with Gasteiger partial charge in [-0.3, -0.25) is 0 Å². The zero-order chi connectivity index (χ0) is 13.0. The Kier molecular flexibility index (Phi) is 4.12. The molecule has 2 atom stereocenters. The number of anilines is 1. The molecule has 1 aromatic carbocycles. The maximum absolute atomic E-state index is 6.05. The molecule has 0 spiro atoms.